The average molecular weight is 550 g/mol. The number of carbonyl (C=O) groups excluding carboxylic acids is 3. The number of unbranched alkanes of at least 4 members (excludes halogenated alkanes) is 1. The van der Waals surface area contributed by atoms with Crippen LogP contribution in [0, 0.1) is 18.2 Å². The smallest absolute Gasteiger partial charge is 0.334 e. The fraction of sp³-hybridized carbons (Fsp3) is 0.433. The van der Waals surface area contributed by atoms with Gasteiger partial charge in [-0.15, -0.1) is 6.42 Å². The molecular formula is C30H36FN5O4. The predicted molar refractivity (Wildman–Crippen MR) is 148 cm³/mol. The van der Waals surface area contributed by atoms with Gasteiger partial charge in [-0.25, -0.2) is 14.2 Å². The summed E-state index contributed by atoms with van der Waals surface area (Å²) in [6.07, 6.45) is 6.99. The highest BCUT2D eigenvalue weighted by Crippen LogP contribution is 2.28. The molecule has 2 saturated heterocycles. The number of nitrogens with zero attached hydrogens (tertiary/aromatic N) is 4. The van der Waals surface area contributed by atoms with Crippen LogP contribution in [0.2, 0.25) is 0 Å². The lowest BCUT2D eigenvalue weighted by Crippen LogP contribution is -2.76. The first-order valence-corrected chi connectivity index (χ1v) is 13.6. The largest absolute Gasteiger partial charge is 0.375 e. The Hall–Kier alpha value is -3.94. The summed E-state index contributed by atoms with van der Waals surface area (Å²) in [5.41, 5.74) is 1.63. The number of nitrogens with one attached hydrogen (secondary N) is 1. The van der Waals surface area contributed by atoms with E-state index in [9.17, 15) is 18.8 Å². The topological polar surface area (TPSA) is 85.4 Å². The van der Waals surface area contributed by atoms with Crippen LogP contribution in [0.15, 0.2) is 54.6 Å². The predicted octanol–water partition coefficient (Wildman–Crippen LogP) is 2.97. The van der Waals surface area contributed by atoms with E-state index in [1.807, 2.05) is 37.3 Å². The van der Waals surface area contributed by atoms with Crippen LogP contribution in [0.1, 0.15) is 37.3 Å². The summed E-state index contributed by atoms with van der Waals surface area (Å²) < 4.78 is 19.2. The number of ether oxygens (including phenoxy) is 1. The number of terminal acetylenes is 1. The highest BCUT2D eigenvalue weighted by atomic mass is 19.1. The molecule has 2 aromatic carbocycles. The number of carbonyl (C=O) groups is 3. The fourth-order valence-electron chi connectivity index (χ4n) is 5.16. The lowest BCUT2D eigenvalue weighted by atomic mass is 10.0. The highest BCUT2D eigenvalue weighted by molar-refractivity contribution is 5.91. The molecule has 0 saturated carbocycles. The van der Waals surface area contributed by atoms with Gasteiger partial charge in [0.15, 0.2) is 0 Å². The molecule has 2 fully saturated rings. The molecule has 4 amide bonds. The van der Waals surface area contributed by atoms with Crippen molar-refractivity contribution in [3.8, 4) is 12.3 Å². The molecule has 0 radical (unpaired) electrons. The average Bonchev–Trinajstić information content (AvgIpc) is 2.95. The Morgan fingerprint density at radius 2 is 1.93 bits per heavy atom. The van der Waals surface area contributed by atoms with Gasteiger partial charge in [0.05, 0.1) is 32.8 Å². The molecule has 9 nitrogen and oxygen atoms in total. The van der Waals surface area contributed by atoms with E-state index in [1.54, 1.807) is 26.9 Å². The number of benzene rings is 2. The van der Waals surface area contributed by atoms with Crippen LogP contribution in [0.3, 0.4) is 0 Å². The van der Waals surface area contributed by atoms with Gasteiger partial charge in [0.1, 0.15) is 18.0 Å². The Bertz CT molecular complexity index is 1220. The van der Waals surface area contributed by atoms with Gasteiger partial charge in [-0.05, 0) is 29.7 Å². The molecule has 2 aliphatic heterocycles. The molecule has 1 N–H and O–H groups in total. The van der Waals surface area contributed by atoms with Gasteiger partial charge in [0, 0.05) is 13.1 Å². The Balaban J connectivity index is 1.52. The molecule has 0 aliphatic carbocycles. The number of hydrogen-bond donors (Lipinski definition) is 1. The van der Waals surface area contributed by atoms with Crippen LogP contribution in [0.4, 0.5) is 9.18 Å². The summed E-state index contributed by atoms with van der Waals surface area (Å²) in [7, 11) is 0. The Labute approximate surface area is 234 Å². The van der Waals surface area contributed by atoms with Crippen molar-refractivity contribution in [2.45, 2.75) is 51.5 Å². The quantitative estimate of drug-likeness (QED) is 0.344. The summed E-state index contributed by atoms with van der Waals surface area (Å²) in [5.74, 6) is 1.81. The van der Waals surface area contributed by atoms with E-state index in [0.717, 1.165) is 18.4 Å². The van der Waals surface area contributed by atoms with Crippen molar-refractivity contribution in [2.24, 2.45) is 0 Å². The number of hydrazine groups is 1. The minimum Gasteiger partial charge on any atom is -0.375 e. The van der Waals surface area contributed by atoms with Crippen molar-refractivity contribution in [1.29, 1.82) is 0 Å². The monoisotopic (exact) mass is 549 g/mol. The molecule has 4 rings (SSSR count). The van der Waals surface area contributed by atoms with Gasteiger partial charge in [-0.2, -0.15) is 5.01 Å². The fourth-order valence-corrected chi connectivity index (χ4v) is 5.16. The van der Waals surface area contributed by atoms with Gasteiger partial charge in [-0.1, -0.05) is 68.2 Å². The standard InChI is InChI=1S/C30H36FN5O4/c1-3-5-14-26-29(38)33(16-17-40-22-24-12-9-13-25(31)18-24)20-27-35(26)28(37)21-34(15-4-2)36(27)30(39)32-19-23-10-7-6-8-11-23/h2,6-13,18,26-27H,3,5,14-17,19-22H2,1H3,(H,32,39)/t26-,27-/m0/s1. The molecule has 2 atom stereocenters. The number of halogens is 1. The SMILES string of the molecule is C#CCN1CC(=O)N2[C@@H](CCCC)C(=O)N(CCOCc3cccc(F)c3)C[C@@H]2N1C(=O)NCc1ccccc1. The van der Waals surface area contributed by atoms with Crippen molar-refractivity contribution in [3.05, 3.63) is 71.5 Å². The van der Waals surface area contributed by atoms with E-state index in [-0.39, 0.29) is 57.0 Å². The maximum absolute atomic E-state index is 13.6. The molecule has 0 aromatic heterocycles. The first kappa shape index (κ1) is 29.1. The van der Waals surface area contributed by atoms with E-state index >= 15 is 0 Å². The molecule has 40 heavy (non-hydrogen) atoms. The van der Waals surface area contributed by atoms with E-state index in [2.05, 4.69) is 11.2 Å². The van der Waals surface area contributed by atoms with Gasteiger partial charge in [-0.3, -0.25) is 9.59 Å². The minimum absolute atomic E-state index is 0.0686. The molecular weight excluding hydrogens is 513 g/mol. The van der Waals surface area contributed by atoms with Crippen LogP contribution >= 0.6 is 0 Å². The molecule has 10 heteroatoms. The van der Waals surface area contributed by atoms with Gasteiger partial charge in [0.25, 0.3) is 0 Å². The van der Waals surface area contributed by atoms with E-state index in [0.29, 0.717) is 18.5 Å². The van der Waals surface area contributed by atoms with E-state index < -0.39 is 18.2 Å². The van der Waals surface area contributed by atoms with E-state index in [1.165, 1.54) is 17.1 Å². The van der Waals surface area contributed by atoms with Crippen molar-refractivity contribution in [1.82, 2.24) is 25.1 Å². The Morgan fingerprint density at radius 1 is 1.15 bits per heavy atom. The Morgan fingerprint density at radius 3 is 2.65 bits per heavy atom. The zero-order valence-corrected chi connectivity index (χ0v) is 22.8. The Kier molecular flexibility index (Phi) is 10.1. The molecule has 0 bridgehead atoms. The van der Waals surface area contributed by atoms with Crippen molar-refractivity contribution < 1.29 is 23.5 Å². The number of rotatable bonds is 11. The third kappa shape index (κ3) is 6.97. The first-order valence-electron chi connectivity index (χ1n) is 13.6. The van der Waals surface area contributed by atoms with Crippen molar-refractivity contribution >= 4 is 17.8 Å². The first-order chi connectivity index (χ1) is 19.4. The van der Waals surface area contributed by atoms with Crippen LogP contribution in [-0.4, -0.2) is 82.7 Å². The number of piperazine rings is 1. The number of amides is 4. The third-order valence-corrected chi connectivity index (χ3v) is 7.09. The second-order valence-electron chi connectivity index (χ2n) is 9.92. The van der Waals surface area contributed by atoms with Crippen LogP contribution in [0.5, 0.6) is 0 Å². The number of urea groups is 1. The minimum atomic E-state index is -0.715. The van der Waals surface area contributed by atoms with Gasteiger partial charge >= 0.3 is 6.03 Å². The summed E-state index contributed by atoms with van der Waals surface area (Å²) in [5, 5.41) is 6.00. The van der Waals surface area contributed by atoms with Gasteiger partial charge in [0.2, 0.25) is 11.8 Å². The third-order valence-electron chi connectivity index (χ3n) is 7.09. The normalized spacial score (nSPS) is 19.4. The number of hydrogen-bond acceptors (Lipinski definition) is 5. The molecule has 212 valence electrons. The zero-order chi connectivity index (χ0) is 28.5. The lowest BCUT2D eigenvalue weighted by Gasteiger charge is -2.55. The second-order valence-corrected chi connectivity index (χ2v) is 9.92. The van der Waals surface area contributed by atoms with E-state index in [4.69, 9.17) is 11.2 Å². The van der Waals surface area contributed by atoms with Crippen LogP contribution in [-0.2, 0) is 27.5 Å². The maximum Gasteiger partial charge on any atom is 0.334 e. The summed E-state index contributed by atoms with van der Waals surface area (Å²) in [6.45, 7) is 3.12. The van der Waals surface area contributed by atoms with Crippen molar-refractivity contribution in [3.63, 3.8) is 0 Å². The van der Waals surface area contributed by atoms with Crippen molar-refractivity contribution in [2.75, 3.05) is 32.8 Å². The summed E-state index contributed by atoms with van der Waals surface area (Å²) >= 11 is 0. The summed E-state index contributed by atoms with van der Waals surface area (Å²) in [6, 6.07) is 14.6. The lowest BCUT2D eigenvalue weighted by molar-refractivity contribution is -0.189. The van der Waals surface area contributed by atoms with Crippen LogP contribution in [0.25, 0.3) is 0 Å². The highest BCUT2D eigenvalue weighted by Gasteiger charge is 2.50. The molecule has 2 aromatic rings. The molecule has 0 unspecified atom stereocenters. The maximum atomic E-state index is 13.6. The second kappa shape index (κ2) is 13.9. The van der Waals surface area contributed by atoms with Crippen LogP contribution < -0.4 is 5.32 Å². The van der Waals surface area contributed by atoms with Gasteiger partial charge < -0.3 is 19.9 Å². The number of fused-ring (bicyclic) bond motifs is 1. The zero-order valence-electron chi connectivity index (χ0n) is 22.8. The molecule has 0 spiro atoms. The molecule has 2 heterocycles. The molecule has 2 aliphatic rings. The summed E-state index contributed by atoms with van der Waals surface area (Å²) in [4.78, 5) is 43.8.